The minimum Gasteiger partial charge on any atom is -0.368 e. The number of imidazole rings is 1. The Hall–Kier alpha value is -1.78. The Kier molecular flexibility index (Phi) is 1.58. The van der Waals surface area contributed by atoms with E-state index in [1.54, 1.807) is 12.4 Å². The van der Waals surface area contributed by atoms with E-state index in [0.717, 1.165) is 11.0 Å². The lowest BCUT2D eigenvalue weighted by Crippen LogP contribution is -2.26. The molecule has 0 aromatic carbocycles. The summed E-state index contributed by atoms with van der Waals surface area (Å²) in [6.45, 7) is 0. The van der Waals surface area contributed by atoms with E-state index < -0.39 is 0 Å². The van der Waals surface area contributed by atoms with Crippen molar-refractivity contribution in [3.8, 4) is 0 Å². The molecule has 0 radical (unpaired) electrons. The third kappa shape index (κ3) is 1.09. The van der Waals surface area contributed by atoms with E-state index >= 15 is 0 Å². The van der Waals surface area contributed by atoms with Gasteiger partial charge in [-0.2, -0.15) is 0 Å². The van der Waals surface area contributed by atoms with Crippen LogP contribution in [-0.2, 0) is 0 Å². The number of nitrogen functional groups attached to an aromatic ring is 1. The average Bonchev–Trinajstić information content (AvgIpc) is 2.39. The number of pyridine rings is 1. The zero-order chi connectivity index (χ0) is 9.42. The first-order valence-electron chi connectivity index (χ1n) is 3.95. The molecule has 0 atom stereocenters. The van der Waals surface area contributed by atoms with Crippen LogP contribution >= 0.6 is 0 Å². The van der Waals surface area contributed by atoms with Crippen molar-refractivity contribution < 1.29 is 0 Å². The van der Waals surface area contributed by atoms with Gasteiger partial charge >= 0.3 is 0 Å². The maximum Gasteiger partial charge on any atom is 0.220 e. The van der Waals surface area contributed by atoms with E-state index in [-0.39, 0.29) is 0 Å². The molecule has 0 amide bonds. The Morgan fingerprint density at radius 2 is 2.23 bits per heavy atom. The molecule has 2 aromatic heterocycles. The summed E-state index contributed by atoms with van der Waals surface area (Å²) in [5.41, 5.74) is 7.52. The van der Waals surface area contributed by atoms with E-state index in [9.17, 15) is 0 Å². The van der Waals surface area contributed by atoms with E-state index in [1.165, 1.54) is 0 Å². The van der Waals surface area contributed by atoms with Crippen LogP contribution in [0.5, 0.6) is 0 Å². The smallest absolute Gasteiger partial charge is 0.220 e. The number of hydrogen-bond donors (Lipinski definition) is 1. The second-order valence-electron chi connectivity index (χ2n) is 2.99. The van der Waals surface area contributed by atoms with Crippen LogP contribution in [0.15, 0.2) is 18.5 Å². The van der Waals surface area contributed by atoms with Crippen molar-refractivity contribution in [1.82, 2.24) is 14.6 Å². The quantitative estimate of drug-likeness (QED) is 0.676. The zero-order valence-corrected chi connectivity index (χ0v) is 7.60. The van der Waals surface area contributed by atoms with Gasteiger partial charge in [0.1, 0.15) is 5.52 Å². The van der Waals surface area contributed by atoms with Gasteiger partial charge in [0, 0.05) is 20.3 Å². The largest absolute Gasteiger partial charge is 0.368 e. The number of anilines is 1. The molecule has 13 heavy (non-hydrogen) atoms. The summed E-state index contributed by atoms with van der Waals surface area (Å²) in [6.07, 6.45) is 3.43. The monoisotopic (exact) mass is 177 g/mol. The van der Waals surface area contributed by atoms with Gasteiger partial charge in [0.15, 0.2) is 0 Å². The fourth-order valence-corrected chi connectivity index (χ4v) is 1.36. The van der Waals surface area contributed by atoms with Crippen molar-refractivity contribution in [2.75, 3.05) is 24.8 Å². The van der Waals surface area contributed by atoms with E-state index in [2.05, 4.69) is 9.97 Å². The summed E-state index contributed by atoms with van der Waals surface area (Å²) in [6, 6.07) is 1.89. The SMILES string of the molecule is CN(C)n1c(N)nc2cnccc21. The Morgan fingerprint density at radius 3 is 2.92 bits per heavy atom. The van der Waals surface area contributed by atoms with Crippen molar-refractivity contribution in [2.24, 2.45) is 0 Å². The van der Waals surface area contributed by atoms with Crippen molar-refractivity contribution in [3.63, 3.8) is 0 Å². The Morgan fingerprint density at radius 1 is 1.46 bits per heavy atom. The zero-order valence-electron chi connectivity index (χ0n) is 7.60. The normalized spacial score (nSPS) is 10.6. The van der Waals surface area contributed by atoms with Gasteiger partial charge in [-0.3, -0.25) is 4.98 Å². The molecule has 2 aromatic rings. The lowest BCUT2D eigenvalue weighted by atomic mass is 10.4. The Bertz CT molecular complexity index is 431. The third-order valence-corrected chi connectivity index (χ3v) is 1.86. The molecule has 0 bridgehead atoms. The van der Waals surface area contributed by atoms with Crippen molar-refractivity contribution in [1.29, 1.82) is 0 Å². The summed E-state index contributed by atoms with van der Waals surface area (Å²) < 4.78 is 1.83. The molecular weight excluding hydrogens is 166 g/mol. The van der Waals surface area contributed by atoms with Crippen molar-refractivity contribution in [3.05, 3.63) is 18.5 Å². The lowest BCUT2D eigenvalue weighted by Gasteiger charge is -2.15. The highest BCUT2D eigenvalue weighted by molar-refractivity contribution is 5.77. The van der Waals surface area contributed by atoms with E-state index in [1.807, 2.05) is 29.8 Å². The fraction of sp³-hybridized carbons (Fsp3) is 0.250. The number of hydrogen-bond acceptors (Lipinski definition) is 4. The molecule has 0 unspecified atom stereocenters. The molecule has 0 saturated carbocycles. The highest BCUT2D eigenvalue weighted by atomic mass is 15.6. The van der Waals surface area contributed by atoms with Crippen LogP contribution in [0.4, 0.5) is 5.95 Å². The third-order valence-electron chi connectivity index (χ3n) is 1.86. The maximum atomic E-state index is 5.74. The first-order chi connectivity index (χ1) is 6.20. The Labute approximate surface area is 75.8 Å². The standard InChI is InChI=1S/C8H11N5/c1-12(2)13-7-3-4-10-5-6(7)11-8(13)9/h3-5H,1-2H3,(H2,9,11). The van der Waals surface area contributed by atoms with Gasteiger partial charge in [-0.15, -0.1) is 0 Å². The number of nitrogens with two attached hydrogens (primary N) is 1. The molecule has 2 heterocycles. The molecule has 2 N–H and O–H groups in total. The average molecular weight is 177 g/mol. The topological polar surface area (TPSA) is 60.0 Å². The highest BCUT2D eigenvalue weighted by Gasteiger charge is 2.07. The van der Waals surface area contributed by atoms with Gasteiger partial charge in [0.2, 0.25) is 5.95 Å². The number of fused-ring (bicyclic) bond motifs is 1. The van der Waals surface area contributed by atoms with Gasteiger partial charge in [-0.1, -0.05) is 0 Å². The molecule has 0 aliphatic carbocycles. The number of nitrogens with zero attached hydrogens (tertiary/aromatic N) is 4. The highest BCUT2D eigenvalue weighted by Crippen LogP contribution is 2.15. The lowest BCUT2D eigenvalue weighted by molar-refractivity contribution is 0.765. The molecule has 5 heteroatoms. The molecule has 2 rings (SSSR count). The van der Waals surface area contributed by atoms with Crippen LogP contribution in [0.1, 0.15) is 0 Å². The molecular formula is C8H11N5. The minimum atomic E-state index is 0.480. The van der Waals surface area contributed by atoms with E-state index in [4.69, 9.17) is 5.73 Å². The number of rotatable bonds is 1. The second-order valence-corrected chi connectivity index (χ2v) is 2.99. The summed E-state index contributed by atoms with van der Waals surface area (Å²) in [5, 5.41) is 1.88. The molecule has 0 aliphatic rings. The van der Waals surface area contributed by atoms with Crippen LogP contribution in [0.2, 0.25) is 0 Å². The first kappa shape index (κ1) is 7.85. The summed E-state index contributed by atoms with van der Waals surface area (Å²) in [4.78, 5) is 8.15. The van der Waals surface area contributed by atoms with Gasteiger partial charge in [-0.25, -0.2) is 9.66 Å². The van der Waals surface area contributed by atoms with Crippen molar-refractivity contribution in [2.45, 2.75) is 0 Å². The summed E-state index contributed by atoms with van der Waals surface area (Å²) in [5.74, 6) is 0.480. The van der Waals surface area contributed by atoms with Crippen LogP contribution in [0, 0.1) is 0 Å². The summed E-state index contributed by atoms with van der Waals surface area (Å²) in [7, 11) is 3.83. The molecule has 0 fully saturated rings. The second kappa shape index (κ2) is 2.62. The van der Waals surface area contributed by atoms with Crippen LogP contribution in [0.3, 0.4) is 0 Å². The van der Waals surface area contributed by atoms with Crippen LogP contribution in [-0.4, -0.2) is 28.7 Å². The molecule has 0 saturated heterocycles. The van der Waals surface area contributed by atoms with Gasteiger partial charge in [-0.05, 0) is 6.07 Å². The summed E-state index contributed by atoms with van der Waals surface area (Å²) >= 11 is 0. The van der Waals surface area contributed by atoms with Gasteiger partial charge in [0.25, 0.3) is 0 Å². The Balaban J connectivity index is 2.78. The molecule has 0 spiro atoms. The van der Waals surface area contributed by atoms with Gasteiger partial charge < -0.3 is 10.7 Å². The predicted octanol–water partition coefficient (Wildman–Crippen LogP) is 0.211. The van der Waals surface area contributed by atoms with Crippen molar-refractivity contribution >= 4 is 17.0 Å². The molecule has 0 aliphatic heterocycles. The number of aromatic nitrogens is 3. The van der Waals surface area contributed by atoms with Gasteiger partial charge in [0.05, 0.1) is 11.7 Å². The molecule has 5 nitrogen and oxygen atoms in total. The minimum absolute atomic E-state index is 0.480. The predicted molar refractivity (Wildman–Crippen MR) is 52.0 cm³/mol. The first-order valence-corrected chi connectivity index (χ1v) is 3.95. The van der Waals surface area contributed by atoms with Crippen LogP contribution < -0.4 is 10.7 Å². The molecule has 68 valence electrons. The maximum absolute atomic E-state index is 5.74. The fourth-order valence-electron chi connectivity index (χ4n) is 1.36. The van der Waals surface area contributed by atoms with Crippen LogP contribution in [0.25, 0.3) is 11.0 Å². The van der Waals surface area contributed by atoms with E-state index in [0.29, 0.717) is 5.95 Å².